The SMILES string of the molecule is C=C/C(OCc1ccccc1)=C(\C=C)C1(O)CCN(Cc2ccccc2)CC1. The van der Waals surface area contributed by atoms with Gasteiger partial charge in [0.05, 0.1) is 5.60 Å². The van der Waals surface area contributed by atoms with E-state index < -0.39 is 5.60 Å². The lowest BCUT2D eigenvalue weighted by Crippen LogP contribution is -2.45. The van der Waals surface area contributed by atoms with Crippen LogP contribution in [0.5, 0.6) is 0 Å². The second kappa shape index (κ2) is 9.54. The molecule has 2 aromatic carbocycles. The van der Waals surface area contributed by atoms with Crippen LogP contribution in [-0.4, -0.2) is 28.7 Å². The van der Waals surface area contributed by atoms with Crippen LogP contribution in [0.25, 0.3) is 0 Å². The number of hydrogen-bond acceptors (Lipinski definition) is 3. The maximum Gasteiger partial charge on any atom is 0.125 e. The number of nitrogens with zero attached hydrogens (tertiary/aromatic N) is 1. The molecule has 2 aromatic rings. The van der Waals surface area contributed by atoms with E-state index in [1.54, 1.807) is 12.2 Å². The van der Waals surface area contributed by atoms with Gasteiger partial charge in [-0.2, -0.15) is 0 Å². The largest absolute Gasteiger partial charge is 0.489 e. The van der Waals surface area contributed by atoms with Gasteiger partial charge < -0.3 is 9.84 Å². The fourth-order valence-electron chi connectivity index (χ4n) is 3.69. The van der Waals surface area contributed by atoms with Crippen LogP contribution in [0.2, 0.25) is 0 Å². The first-order chi connectivity index (χ1) is 13.6. The Morgan fingerprint density at radius 3 is 2.04 bits per heavy atom. The summed E-state index contributed by atoms with van der Waals surface area (Å²) >= 11 is 0. The van der Waals surface area contributed by atoms with Crippen molar-refractivity contribution in [3.05, 3.63) is 108 Å². The van der Waals surface area contributed by atoms with E-state index in [1.807, 2.05) is 36.4 Å². The molecule has 3 rings (SSSR count). The average Bonchev–Trinajstić information content (AvgIpc) is 2.74. The maximum absolute atomic E-state index is 11.3. The van der Waals surface area contributed by atoms with Crippen molar-refractivity contribution >= 4 is 0 Å². The van der Waals surface area contributed by atoms with Crippen molar-refractivity contribution in [1.82, 2.24) is 4.90 Å². The van der Waals surface area contributed by atoms with Crippen molar-refractivity contribution < 1.29 is 9.84 Å². The first kappa shape index (κ1) is 20.1. The molecule has 1 heterocycles. The second-order valence-electron chi connectivity index (χ2n) is 7.25. The summed E-state index contributed by atoms with van der Waals surface area (Å²) in [5.74, 6) is 0.609. The van der Waals surface area contributed by atoms with Gasteiger partial charge in [-0.25, -0.2) is 0 Å². The van der Waals surface area contributed by atoms with Gasteiger partial charge in [0, 0.05) is 25.2 Å². The topological polar surface area (TPSA) is 32.7 Å². The minimum Gasteiger partial charge on any atom is -0.489 e. The van der Waals surface area contributed by atoms with Crippen molar-refractivity contribution in [3.8, 4) is 0 Å². The Kier molecular flexibility index (Phi) is 6.85. The van der Waals surface area contributed by atoms with Gasteiger partial charge in [0.15, 0.2) is 0 Å². The van der Waals surface area contributed by atoms with Crippen LogP contribution in [0.15, 0.2) is 97.3 Å². The highest BCUT2D eigenvalue weighted by Crippen LogP contribution is 2.33. The average molecular weight is 376 g/mol. The monoisotopic (exact) mass is 375 g/mol. The highest BCUT2D eigenvalue weighted by molar-refractivity contribution is 5.36. The zero-order valence-electron chi connectivity index (χ0n) is 16.4. The van der Waals surface area contributed by atoms with Crippen molar-refractivity contribution in [2.45, 2.75) is 31.6 Å². The highest BCUT2D eigenvalue weighted by Gasteiger charge is 2.36. The Morgan fingerprint density at radius 1 is 0.929 bits per heavy atom. The molecule has 3 nitrogen and oxygen atoms in total. The molecule has 0 saturated carbocycles. The molecular formula is C25H29NO2. The van der Waals surface area contributed by atoms with Crippen LogP contribution in [0, 0.1) is 0 Å². The first-order valence-electron chi connectivity index (χ1n) is 9.79. The Labute approximate surface area is 168 Å². The molecule has 0 radical (unpaired) electrons. The van der Waals surface area contributed by atoms with Crippen LogP contribution >= 0.6 is 0 Å². The van der Waals surface area contributed by atoms with E-state index in [-0.39, 0.29) is 0 Å². The summed E-state index contributed by atoms with van der Waals surface area (Å²) in [5, 5.41) is 11.3. The third kappa shape index (κ3) is 5.00. The molecule has 3 heteroatoms. The minimum absolute atomic E-state index is 0.440. The lowest BCUT2D eigenvalue weighted by molar-refractivity contribution is 0.00583. The normalized spacial score (nSPS) is 17.5. The van der Waals surface area contributed by atoms with Gasteiger partial charge in [0.1, 0.15) is 12.4 Å². The van der Waals surface area contributed by atoms with Gasteiger partial charge in [0.2, 0.25) is 0 Å². The van der Waals surface area contributed by atoms with E-state index in [0.29, 0.717) is 25.2 Å². The number of aliphatic hydroxyl groups is 1. The lowest BCUT2D eigenvalue weighted by Gasteiger charge is -2.39. The van der Waals surface area contributed by atoms with Crippen molar-refractivity contribution in [1.29, 1.82) is 0 Å². The zero-order chi connectivity index (χ0) is 19.8. The number of likely N-dealkylation sites (tertiary alicyclic amines) is 1. The van der Waals surface area contributed by atoms with Gasteiger partial charge in [-0.1, -0.05) is 79.9 Å². The Hall–Kier alpha value is -2.62. The van der Waals surface area contributed by atoms with Crippen LogP contribution < -0.4 is 0 Å². The van der Waals surface area contributed by atoms with Crippen molar-refractivity contribution in [3.63, 3.8) is 0 Å². The summed E-state index contributed by atoms with van der Waals surface area (Å²) in [7, 11) is 0. The van der Waals surface area contributed by atoms with E-state index in [0.717, 1.165) is 30.8 Å². The summed E-state index contributed by atoms with van der Waals surface area (Å²) in [6.45, 7) is 10.8. The van der Waals surface area contributed by atoms with Gasteiger partial charge in [0.25, 0.3) is 0 Å². The molecule has 28 heavy (non-hydrogen) atoms. The van der Waals surface area contributed by atoms with Crippen LogP contribution in [0.4, 0.5) is 0 Å². The summed E-state index contributed by atoms with van der Waals surface area (Å²) in [6, 6.07) is 20.4. The third-order valence-electron chi connectivity index (χ3n) is 5.33. The van der Waals surface area contributed by atoms with Gasteiger partial charge in [-0.15, -0.1) is 0 Å². The van der Waals surface area contributed by atoms with Gasteiger partial charge in [-0.05, 0) is 30.0 Å². The van der Waals surface area contributed by atoms with Crippen LogP contribution in [0.3, 0.4) is 0 Å². The Morgan fingerprint density at radius 2 is 1.50 bits per heavy atom. The number of allylic oxidation sites excluding steroid dienone is 1. The molecule has 0 atom stereocenters. The molecule has 0 spiro atoms. The lowest BCUT2D eigenvalue weighted by atomic mass is 9.83. The predicted molar refractivity (Wildman–Crippen MR) is 115 cm³/mol. The Balaban J connectivity index is 1.67. The Bertz CT molecular complexity index is 803. The molecule has 1 aliphatic heterocycles. The molecule has 0 aliphatic carbocycles. The molecule has 1 N–H and O–H groups in total. The number of benzene rings is 2. The van der Waals surface area contributed by atoms with Gasteiger partial charge >= 0.3 is 0 Å². The van der Waals surface area contributed by atoms with Crippen molar-refractivity contribution in [2.75, 3.05) is 13.1 Å². The summed E-state index contributed by atoms with van der Waals surface area (Å²) in [5.41, 5.74) is 2.17. The predicted octanol–water partition coefficient (Wildman–Crippen LogP) is 4.86. The molecule has 0 amide bonds. The van der Waals surface area contributed by atoms with Crippen LogP contribution in [-0.2, 0) is 17.9 Å². The summed E-state index contributed by atoms with van der Waals surface area (Å²) in [6.07, 6.45) is 4.68. The molecule has 1 aliphatic rings. The van der Waals surface area contributed by atoms with Crippen LogP contribution in [0.1, 0.15) is 24.0 Å². The fourth-order valence-corrected chi connectivity index (χ4v) is 3.69. The molecular weight excluding hydrogens is 346 g/mol. The number of piperidine rings is 1. The summed E-state index contributed by atoms with van der Waals surface area (Å²) < 4.78 is 5.99. The number of rotatable bonds is 8. The molecule has 1 fully saturated rings. The summed E-state index contributed by atoms with van der Waals surface area (Å²) in [4.78, 5) is 2.38. The molecule has 0 aromatic heterocycles. The maximum atomic E-state index is 11.3. The van der Waals surface area contributed by atoms with E-state index in [4.69, 9.17) is 4.74 Å². The van der Waals surface area contributed by atoms with Gasteiger partial charge in [-0.3, -0.25) is 4.90 Å². The quantitative estimate of drug-likeness (QED) is 0.528. The smallest absolute Gasteiger partial charge is 0.125 e. The molecule has 0 unspecified atom stereocenters. The molecule has 146 valence electrons. The third-order valence-corrected chi connectivity index (χ3v) is 5.33. The standard InChI is InChI=1S/C25H29NO2/c1-3-23(24(4-2)28-20-22-13-9-6-10-14-22)25(27)15-17-26(18-16-25)19-21-11-7-5-8-12-21/h3-14,27H,1-2,15-20H2/b24-23-. The first-order valence-corrected chi connectivity index (χ1v) is 9.79. The van der Waals surface area contributed by atoms with Crippen molar-refractivity contribution in [2.24, 2.45) is 0 Å². The molecule has 0 bridgehead atoms. The number of hydrogen-bond donors (Lipinski definition) is 1. The number of ether oxygens (including phenoxy) is 1. The zero-order valence-corrected chi connectivity index (χ0v) is 16.4. The van der Waals surface area contributed by atoms with E-state index in [1.165, 1.54) is 5.56 Å². The van der Waals surface area contributed by atoms with E-state index in [2.05, 4.69) is 42.3 Å². The second-order valence-corrected chi connectivity index (χ2v) is 7.25. The molecule has 1 saturated heterocycles. The van der Waals surface area contributed by atoms with E-state index >= 15 is 0 Å². The minimum atomic E-state index is -0.935. The highest BCUT2D eigenvalue weighted by atomic mass is 16.5. The fraction of sp³-hybridized carbons (Fsp3) is 0.280. The van der Waals surface area contributed by atoms with E-state index in [9.17, 15) is 5.11 Å².